The van der Waals surface area contributed by atoms with E-state index in [9.17, 15) is 0 Å². The molecule has 0 fully saturated rings. The molecule has 1 aromatic carbocycles. The number of fused-ring (bicyclic) bond motifs is 1. The summed E-state index contributed by atoms with van der Waals surface area (Å²) in [5.41, 5.74) is 1.72. The predicted octanol–water partition coefficient (Wildman–Crippen LogP) is -2.41. The van der Waals surface area contributed by atoms with Crippen LogP contribution in [0, 0.1) is 0 Å². The summed E-state index contributed by atoms with van der Waals surface area (Å²) in [6, 6.07) is 7.60. The molecule has 0 atom stereocenters. The number of hydrogen-bond donors (Lipinski definition) is 0. The maximum Gasteiger partial charge on any atom is 1.00 e. The standard InChI is InChI=1S/C6H4N3.Li/c1-2-4-6-5(3-1)7-9-8-6;/h1-4H;/q-1;+1. The van der Waals surface area contributed by atoms with Crippen molar-refractivity contribution in [3.05, 3.63) is 24.3 Å². The second-order valence-corrected chi connectivity index (χ2v) is 1.78. The molecule has 0 saturated carbocycles. The molecule has 3 nitrogen and oxygen atoms in total. The van der Waals surface area contributed by atoms with Gasteiger partial charge in [-0.2, -0.15) is 0 Å². The molecule has 0 spiro atoms. The molecule has 0 N–H and O–H groups in total. The van der Waals surface area contributed by atoms with Gasteiger partial charge in [-0.05, 0) is 11.0 Å². The normalized spacial score (nSPS) is 9.20. The Morgan fingerprint density at radius 1 is 1.20 bits per heavy atom. The molecular weight excluding hydrogens is 121 g/mol. The summed E-state index contributed by atoms with van der Waals surface area (Å²) in [7, 11) is 0. The van der Waals surface area contributed by atoms with E-state index in [1.807, 2.05) is 24.3 Å². The van der Waals surface area contributed by atoms with E-state index in [0.717, 1.165) is 11.0 Å². The second kappa shape index (κ2) is 2.87. The Kier molecular flexibility index (Phi) is 2.10. The summed E-state index contributed by atoms with van der Waals surface area (Å²) < 4.78 is 0. The summed E-state index contributed by atoms with van der Waals surface area (Å²) in [6.45, 7) is 0. The summed E-state index contributed by atoms with van der Waals surface area (Å²) >= 11 is 0. The van der Waals surface area contributed by atoms with Crippen molar-refractivity contribution in [2.24, 2.45) is 0 Å². The minimum atomic E-state index is 0. The van der Waals surface area contributed by atoms with Gasteiger partial charge in [-0.3, -0.25) is 5.21 Å². The number of hydrogen-bond acceptors (Lipinski definition) is 2. The van der Waals surface area contributed by atoms with Crippen molar-refractivity contribution in [2.75, 3.05) is 0 Å². The Balaban J connectivity index is 0.000000500. The zero-order valence-corrected chi connectivity index (χ0v) is 5.65. The Hall–Kier alpha value is -0.783. The molecule has 2 aromatic rings. The number of aromatic nitrogens is 3. The SMILES string of the molecule is [Li+].c1ccc2[n-]nnc2c1. The van der Waals surface area contributed by atoms with Crippen molar-refractivity contribution in [3.63, 3.8) is 0 Å². The van der Waals surface area contributed by atoms with Crippen molar-refractivity contribution in [2.45, 2.75) is 0 Å². The molecule has 2 rings (SSSR count). The van der Waals surface area contributed by atoms with E-state index in [1.54, 1.807) is 0 Å². The van der Waals surface area contributed by atoms with Gasteiger partial charge in [0.25, 0.3) is 0 Å². The van der Waals surface area contributed by atoms with E-state index in [2.05, 4.69) is 15.4 Å². The first kappa shape index (κ1) is 7.33. The van der Waals surface area contributed by atoms with Gasteiger partial charge in [0, 0.05) is 0 Å². The van der Waals surface area contributed by atoms with Crippen molar-refractivity contribution < 1.29 is 18.9 Å². The zero-order valence-electron chi connectivity index (χ0n) is 5.65. The summed E-state index contributed by atoms with van der Waals surface area (Å²) in [5.74, 6) is 0. The summed E-state index contributed by atoms with van der Waals surface area (Å²) in [6.07, 6.45) is 0. The summed E-state index contributed by atoms with van der Waals surface area (Å²) in [4.78, 5) is 0. The van der Waals surface area contributed by atoms with Crippen LogP contribution >= 0.6 is 0 Å². The molecule has 44 valence electrons. The maximum atomic E-state index is 3.76. The molecular formula is C6H4LiN3. The van der Waals surface area contributed by atoms with Gasteiger partial charge in [0.1, 0.15) is 0 Å². The van der Waals surface area contributed by atoms with Gasteiger partial charge in [0.05, 0.1) is 0 Å². The molecule has 0 saturated heterocycles. The van der Waals surface area contributed by atoms with Crippen LogP contribution in [-0.4, -0.2) is 10.3 Å². The fourth-order valence-corrected chi connectivity index (χ4v) is 0.752. The molecule has 0 amide bonds. The number of benzene rings is 1. The zero-order chi connectivity index (χ0) is 6.10. The molecule has 1 aromatic heterocycles. The third kappa shape index (κ3) is 1.06. The van der Waals surface area contributed by atoms with Gasteiger partial charge < -0.3 is 10.2 Å². The van der Waals surface area contributed by atoms with Gasteiger partial charge in [0.15, 0.2) is 0 Å². The van der Waals surface area contributed by atoms with Gasteiger partial charge in [0.2, 0.25) is 0 Å². The molecule has 0 aliphatic rings. The monoisotopic (exact) mass is 125 g/mol. The molecule has 0 unspecified atom stereocenters. The van der Waals surface area contributed by atoms with E-state index in [0.29, 0.717) is 0 Å². The second-order valence-electron chi connectivity index (χ2n) is 1.78. The van der Waals surface area contributed by atoms with Crippen molar-refractivity contribution in [3.8, 4) is 0 Å². The predicted molar refractivity (Wildman–Crippen MR) is 32.9 cm³/mol. The van der Waals surface area contributed by atoms with Crippen LogP contribution in [-0.2, 0) is 0 Å². The van der Waals surface area contributed by atoms with Gasteiger partial charge >= 0.3 is 18.9 Å². The van der Waals surface area contributed by atoms with E-state index >= 15 is 0 Å². The van der Waals surface area contributed by atoms with Crippen LogP contribution in [0.3, 0.4) is 0 Å². The van der Waals surface area contributed by atoms with Crippen LogP contribution in [0.5, 0.6) is 0 Å². The average molecular weight is 125 g/mol. The average Bonchev–Trinajstić information content (AvgIpc) is 2.33. The van der Waals surface area contributed by atoms with Crippen LogP contribution in [0.2, 0.25) is 0 Å². The van der Waals surface area contributed by atoms with Crippen LogP contribution in [0.4, 0.5) is 0 Å². The molecule has 1 heterocycles. The van der Waals surface area contributed by atoms with Crippen LogP contribution in [0.15, 0.2) is 24.3 Å². The quantitative estimate of drug-likeness (QED) is 0.368. The Morgan fingerprint density at radius 2 is 2.00 bits per heavy atom. The Bertz CT molecular complexity index is 287. The fraction of sp³-hybridized carbons (Fsp3) is 0. The topological polar surface area (TPSA) is 39.9 Å². The van der Waals surface area contributed by atoms with Crippen molar-refractivity contribution in [1.29, 1.82) is 0 Å². The van der Waals surface area contributed by atoms with E-state index < -0.39 is 0 Å². The van der Waals surface area contributed by atoms with Crippen LogP contribution < -0.4 is 24.0 Å². The third-order valence-corrected chi connectivity index (χ3v) is 1.19. The van der Waals surface area contributed by atoms with Crippen molar-refractivity contribution in [1.82, 2.24) is 15.4 Å². The molecule has 0 radical (unpaired) electrons. The fourth-order valence-electron chi connectivity index (χ4n) is 0.752. The first-order valence-electron chi connectivity index (χ1n) is 2.67. The maximum absolute atomic E-state index is 3.76. The Labute approximate surface area is 70.0 Å². The van der Waals surface area contributed by atoms with E-state index in [-0.39, 0.29) is 18.9 Å². The first-order chi connectivity index (χ1) is 4.47. The smallest absolute Gasteiger partial charge is 0.350 e. The van der Waals surface area contributed by atoms with Crippen molar-refractivity contribution >= 4 is 11.0 Å². The minimum Gasteiger partial charge on any atom is -0.350 e. The Morgan fingerprint density at radius 3 is 2.80 bits per heavy atom. The molecule has 0 aliphatic carbocycles. The van der Waals surface area contributed by atoms with E-state index in [1.165, 1.54) is 0 Å². The van der Waals surface area contributed by atoms with Crippen LogP contribution in [0.25, 0.3) is 11.0 Å². The third-order valence-electron chi connectivity index (χ3n) is 1.19. The molecule has 4 heteroatoms. The molecule has 0 bridgehead atoms. The number of rotatable bonds is 0. The first-order valence-corrected chi connectivity index (χ1v) is 2.67. The molecule has 10 heavy (non-hydrogen) atoms. The van der Waals surface area contributed by atoms with Gasteiger partial charge in [-0.15, -0.1) is 0 Å². The molecule has 0 aliphatic heterocycles. The van der Waals surface area contributed by atoms with Crippen LogP contribution in [0.1, 0.15) is 0 Å². The van der Waals surface area contributed by atoms with E-state index in [4.69, 9.17) is 0 Å². The van der Waals surface area contributed by atoms with Gasteiger partial charge in [-0.25, -0.2) is 0 Å². The van der Waals surface area contributed by atoms with Gasteiger partial charge in [-0.1, -0.05) is 24.3 Å². The largest absolute Gasteiger partial charge is 1.00 e. The summed E-state index contributed by atoms with van der Waals surface area (Å²) in [5, 5.41) is 11.0. The minimum absolute atomic E-state index is 0. The number of nitrogens with zero attached hydrogens (tertiary/aromatic N) is 3.